The maximum Gasteiger partial charge on any atom is 0.239 e. The van der Waals surface area contributed by atoms with Crippen LogP contribution in [-0.2, 0) is 27.0 Å². The van der Waals surface area contributed by atoms with Crippen molar-refractivity contribution in [2.45, 2.75) is 32.9 Å². The van der Waals surface area contributed by atoms with Gasteiger partial charge in [-0.2, -0.15) is 0 Å². The number of hydrogen-bond acceptors (Lipinski definition) is 5. The Morgan fingerprint density at radius 2 is 2.00 bits per heavy atom. The molecule has 2 aromatic rings. The number of halogens is 1. The zero-order valence-electron chi connectivity index (χ0n) is 13.0. The molecule has 8 heteroatoms. The lowest BCUT2D eigenvalue weighted by Gasteiger charge is -2.08. The van der Waals surface area contributed by atoms with Crippen LogP contribution in [0.5, 0.6) is 0 Å². The van der Waals surface area contributed by atoms with Crippen LogP contribution in [0, 0.1) is 26.6 Å². The fourth-order valence-corrected chi connectivity index (χ4v) is 3.27. The number of carbonyl (C=O) groups excluding carboxylic acids is 1. The normalized spacial score (nSPS) is 11.5. The van der Waals surface area contributed by atoms with Gasteiger partial charge in [-0.3, -0.25) is 9.52 Å². The van der Waals surface area contributed by atoms with Crippen LogP contribution >= 0.6 is 0 Å². The van der Waals surface area contributed by atoms with E-state index in [4.69, 9.17) is 4.52 Å². The van der Waals surface area contributed by atoms with Gasteiger partial charge in [-0.15, -0.1) is 0 Å². The number of sulfonamides is 1. The van der Waals surface area contributed by atoms with Crippen molar-refractivity contribution in [3.8, 4) is 0 Å². The molecule has 1 N–H and O–H groups in total. The summed E-state index contributed by atoms with van der Waals surface area (Å²) in [5.41, 5.74) is 1.76. The number of nitrogens with zero attached hydrogens (tertiary/aromatic N) is 1. The molecule has 1 amide bonds. The zero-order valence-corrected chi connectivity index (χ0v) is 13.8. The smallest absolute Gasteiger partial charge is 0.239 e. The maximum atomic E-state index is 13.7. The van der Waals surface area contributed by atoms with E-state index in [2.05, 4.69) is 5.16 Å². The molecule has 23 heavy (non-hydrogen) atoms. The maximum absolute atomic E-state index is 13.7. The van der Waals surface area contributed by atoms with Gasteiger partial charge in [0.25, 0.3) is 0 Å². The third kappa shape index (κ3) is 4.38. The van der Waals surface area contributed by atoms with Crippen LogP contribution in [0.15, 0.2) is 22.7 Å². The Hall–Kier alpha value is -2.22. The van der Waals surface area contributed by atoms with Crippen LogP contribution in [0.1, 0.15) is 28.1 Å². The lowest BCUT2D eigenvalue weighted by molar-refractivity contribution is -0.118. The average Bonchev–Trinajstić information content (AvgIpc) is 2.73. The number of nitrogens with one attached hydrogen (secondary N) is 1. The number of amides is 1. The van der Waals surface area contributed by atoms with Crippen LogP contribution in [0.25, 0.3) is 0 Å². The van der Waals surface area contributed by atoms with E-state index in [-0.39, 0.29) is 12.0 Å². The molecule has 0 spiro atoms. The van der Waals surface area contributed by atoms with Crippen molar-refractivity contribution in [3.63, 3.8) is 0 Å². The second kappa shape index (κ2) is 6.49. The van der Waals surface area contributed by atoms with Crippen molar-refractivity contribution in [1.82, 2.24) is 9.88 Å². The second-order valence-corrected chi connectivity index (χ2v) is 7.08. The molecule has 1 aromatic heterocycles. The Bertz CT molecular complexity index is 824. The minimum absolute atomic E-state index is 0.00763. The Balaban J connectivity index is 2.07. The molecule has 0 saturated heterocycles. The van der Waals surface area contributed by atoms with Gasteiger partial charge in [-0.05, 0) is 32.4 Å². The highest BCUT2D eigenvalue weighted by molar-refractivity contribution is 7.89. The van der Waals surface area contributed by atoms with Crippen molar-refractivity contribution in [2.75, 3.05) is 0 Å². The van der Waals surface area contributed by atoms with E-state index in [0.717, 1.165) is 0 Å². The van der Waals surface area contributed by atoms with Gasteiger partial charge in [0.05, 0.1) is 17.9 Å². The van der Waals surface area contributed by atoms with E-state index < -0.39 is 27.5 Å². The first kappa shape index (κ1) is 17.1. The van der Waals surface area contributed by atoms with Gasteiger partial charge in [-0.25, -0.2) is 12.8 Å². The third-order valence-electron chi connectivity index (χ3n) is 3.34. The summed E-state index contributed by atoms with van der Waals surface area (Å²) >= 11 is 0. The molecule has 0 bridgehead atoms. The lowest BCUT2D eigenvalue weighted by Crippen LogP contribution is -2.33. The quantitative estimate of drug-likeness (QED) is 0.898. The van der Waals surface area contributed by atoms with Gasteiger partial charge in [0.1, 0.15) is 11.6 Å². The van der Waals surface area contributed by atoms with Crippen LogP contribution in [0.2, 0.25) is 0 Å². The van der Waals surface area contributed by atoms with Crippen LogP contribution in [0.3, 0.4) is 0 Å². The first-order valence-corrected chi connectivity index (χ1v) is 8.53. The standard InChI is InChI=1S/C15H17FN2O4S/c1-9-4-5-12(14(16)6-9)8-23(20,21)18-15(19)7-13-10(2)17-22-11(13)3/h4-6H,7-8H2,1-3H3,(H,18,19). The first-order valence-electron chi connectivity index (χ1n) is 6.88. The summed E-state index contributed by atoms with van der Waals surface area (Å²) in [4.78, 5) is 11.9. The molecular weight excluding hydrogens is 323 g/mol. The zero-order chi connectivity index (χ0) is 17.2. The molecule has 0 atom stereocenters. The van der Waals surface area contributed by atoms with Crippen molar-refractivity contribution < 1.29 is 22.1 Å². The predicted octanol–water partition coefficient (Wildman–Crippen LogP) is 1.93. The van der Waals surface area contributed by atoms with Crippen molar-refractivity contribution in [3.05, 3.63) is 52.2 Å². The Kier molecular flexibility index (Phi) is 4.84. The monoisotopic (exact) mass is 340 g/mol. The molecule has 2 rings (SSSR count). The molecule has 0 aliphatic rings. The molecule has 0 unspecified atom stereocenters. The Morgan fingerprint density at radius 3 is 2.57 bits per heavy atom. The lowest BCUT2D eigenvalue weighted by atomic mass is 10.1. The number of aromatic nitrogens is 1. The van der Waals surface area contributed by atoms with E-state index in [1.807, 2.05) is 4.72 Å². The third-order valence-corrected chi connectivity index (χ3v) is 4.57. The molecule has 0 aliphatic carbocycles. The van der Waals surface area contributed by atoms with Gasteiger partial charge in [0.15, 0.2) is 0 Å². The summed E-state index contributed by atoms with van der Waals surface area (Å²) < 4.78 is 44.6. The second-order valence-electron chi connectivity index (χ2n) is 5.36. The minimum Gasteiger partial charge on any atom is -0.361 e. The van der Waals surface area contributed by atoms with Crippen LogP contribution < -0.4 is 4.72 Å². The highest BCUT2D eigenvalue weighted by Crippen LogP contribution is 2.14. The fraction of sp³-hybridized carbons (Fsp3) is 0.333. The number of carbonyl (C=O) groups is 1. The summed E-state index contributed by atoms with van der Waals surface area (Å²) in [6.45, 7) is 5.00. The van der Waals surface area contributed by atoms with E-state index in [1.165, 1.54) is 12.1 Å². The summed E-state index contributed by atoms with van der Waals surface area (Å²) in [5.74, 6) is -1.48. The van der Waals surface area contributed by atoms with Crippen LogP contribution in [0.4, 0.5) is 4.39 Å². The summed E-state index contributed by atoms with van der Waals surface area (Å²) in [7, 11) is -3.99. The summed E-state index contributed by atoms with van der Waals surface area (Å²) in [6, 6.07) is 4.25. The number of benzene rings is 1. The van der Waals surface area contributed by atoms with Crippen molar-refractivity contribution in [1.29, 1.82) is 0 Å². The van der Waals surface area contributed by atoms with E-state index in [1.54, 1.807) is 26.8 Å². The Morgan fingerprint density at radius 1 is 1.30 bits per heavy atom. The minimum atomic E-state index is -3.99. The van der Waals surface area contributed by atoms with Gasteiger partial charge >= 0.3 is 0 Å². The van der Waals surface area contributed by atoms with E-state index in [9.17, 15) is 17.6 Å². The number of aryl methyl sites for hydroxylation is 3. The SMILES string of the molecule is Cc1ccc(CS(=O)(=O)NC(=O)Cc2c(C)noc2C)c(F)c1. The molecule has 1 heterocycles. The van der Waals surface area contributed by atoms with E-state index in [0.29, 0.717) is 22.6 Å². The fourth-order valence-electron chi connectivity index (χ4n) is 2.13. The molecule has 6 nitrogen and oxygen atoms in total. The summed E-state index contributed by atoms with van der Waals surface area (Å²) in [5, 5.41) is 3.70. The van der Waals surface area contributed by atoms with Gasteiger partial charge in [0, 0.05) is 11.1 Å². The van der Waals surface area contributed by atoms with Gasteiger partial charge in [0.2, 0.25) is 15.9 Å². The molecule has 0 fully saturated rings. The molecule has 0 radical (unpaired) electrons. The molecule has 0 saturated carbocycles. The molecular formula is C15H17FN2O4S. The first-order chi connectivity index (χ1) is 10.7. The topological polar surface area (TPSA) is 89.3 Å². The highest BCUT2D eigenvalue weighted by Gasteiger charge is 2.20. The average molecular weight is 340 g/mol. The van der Waals surface area contributed by atoms with Crippen molar-refractivity contribution >= 4 is 15.9 Å². The Labute approximate surface area is 133 Å². The van der Waals surface area contributed by atoms with Gasteiger partial charge < -0.3 is 4.52 Å². The molecule has 0 aliphatic heterocycles. The number of hydrogen-bond donors (Lipinski definition) is 1. The van der Waals surface area contributed by atoms with E-state index >= 15 is 0 Å². The van der Waals surface area contributed by atoms with Crippen molar-refractivity contribution in [2.24, 2.45) is 0 Å². The molecule has 124 valence electrons. The highest BCUT2D eigenvalue weighted by atomic mass is 32.2. The van der Waals surface area contributed by atoms with Gasteiger partial charge in [-0.1, -0.05) is 17.3 Å². The predicted molar refractivity (Wildman–Crippen MR) is 81.6 cm³/mol. The summed E-state index contributed by atoms with van der Waals surface area (Å²) in [6.07, 6.45) is -0.170. The number of rotatable bonds is 5. The van der Waals surface area contributed by atoms with Crippen LogP contribution in [-0.4, -0.2) is 19.5 Å². The molecule has 1 aromatic carbocycles. The largest absolute Gasteiger partial charge is 0.361 e.